The largest absolute Gasteiger partial charge is 0.387 e. The van der Waals surface area contributed by atoms with Gasteiger partial charge in [0.1, 0.15) is 15.9 Å². The number of hydrogen-bond donors (Lipinski definition) is 2. The van der Waals surface area contributed by atoms with Crippen LogP contribution in [0.4, 0.5) is 0 Å². The van der Waals surface area contributed by atoms with E-state index < -0.39 is 16.1 Å². The molecular formula is C16H13N3O3S3. The van der Waals surface area contributed by atoms with Gasteiger partial charge in [-0.2, -0.15) is 8.75 Å². The Kier molecular flexibility index (Phi) is 4.26. The summed E-state index contributed by atoms with van der Waals surface area (Å²) in [4.78, 5) is 0.0705. The highest BCUT2D eigenvalue weighted by molar-refractivity contribution is 7.89. The first kappa shape index (κ1) is 16.6. The molecule has 2 aromatic heterocycles. The highest BCUT2D eigenvalue weighted by Gasteiger charge is 2.22. The molecule has 25 heavy (non-hydrogen) atoms. The summed E-state index contributed by atoms with van der Waals surface area (Å²) in [6.07, 6.45) is -0.932. The molecule has 0 spiro atoms. The van der Waals surface area contributed by atoms with Crippen molar-refractivity contribution < 1.29 is 13.5 Å². The van der Waals surface area contributed by atoms with E-state index in [9.17, 15) is 13.5 Å². The van der Waals surface area contributed by atoms with Gasteiger partial charge in [0.2, 0.25) is 10.0 Å². The number of nitrogens with one attached hydrogen (secondary N) is 1. The summed E-state index contributed by atoms with van der Waals surface area (Å²) in [6.45, 7) is -0.114. The lowest BCUT2D eigenvalue weighted by atomic mass is 10.1. The van der Waals surface area contributed by atoms with Gasteiger partial charge in [-0.15, -0.1) is 11.3 Å². The average Bonchev–Trinajstić information content (AvgIpc) is 3.26. The van der Waals surface area contributed by atoms with E-state index in [4.69, 9.17) is 0 Å². The topological polar surface area (TPSA) is 92.2 Å². The second-order valence-corrected chi connectivity index (χ2v) is 8.62. The zero-order valence-electron chi connectivity index (χ0n) is 12.8. The van der Waals surface area contributed by atoms with Crippen LogP contribution >= 0.6 is 23.1 Å². The van der Waals surface area contributed by atoms with Crippen LogP contribution in [0.15, 0.2) is 52.7 Å². The number of rotatable bonds is 5. The maximum absolute atomic E-state index is 12.6. The van der Waals surface area contributed by atoms with E-state index in [0.717, 1.165) is 27.4 Å². The predicted molar refractivity (Wildman–Crippen MR) is 99.4 cm³/mol. The molecule has 128 valence electrons. The fraction of sp³-hybridized carbons (Fsp3) is 0.125. The Hall–Kier alpha value is -1.91. The van der Waals surface area contributed by atoms with Gasteiger partial charge < -0.3 is 5.11 Å². The molecule has 0 aliphatic rings. The molecule has 0 amide bonds. The average molecular weight is 391 g/mol. The summed E-state index contributed by atoms with van der Waals surface area (Å²) >= 11 is 2.49. The maximum Gasteiger partial charge on any atom is 0.242 e. The number of nitrogens with zero attached hydrogens (tertiary/aromatic N) is 2. The van der Waals surface area contributed by atoms with Gasteiger partial charge in [-0.3, -0.25) is 0 Å². The van der Waals surface area contributed by atoms with Crippen LogP contribution in [-0.4, -0.2) is 28.8 Å². The fourth-order valence-electron chi connectivity index (χ4n) is 2.63. The van der Waals surface area contributed by atoms with E-state index in [1.54, 1.807) is 12.1 Å². The SMILES string of the molecule is O=S(=O)(NCC(O)c1csc2ccccc12)c1cccc2nsnc12. The molecular weight excluding hydrogens is 378 g/mol. The van der Waals surface area contributed by atoms with Crippen LogP contribution in [0.25, 0.3) is 21.1 Å². The molecule has 4 rings (SSSR count). The van der Waals surface area contributed by atoms with E-state index >= 15 is 0 Å². The number of aromatic nitrogens is 2. The smallest absolute Gasteiger partial charge is 0.242 e. The minimum absolute atomic E-state index is 0.0705. The molecule has 9 heteroatoms. The molecule has 0 aliphatic carbocycles. The third kappa shape index (κ3) is 3.05. The Bertz CT molecular complexity index is 1150. The van der Waals surface area contributed by atoms with Gasteiger partial charge in [0.25, 0.3) is 0 Å². The van der Waals surface area contributed by atoms with Crippen molar-refractivity contribution in [2.24, 2.45) is 0 Å². The van der Waals surface area contributed by atoms with Crippen molar-refractivity contribution >= 4 is 54.2 Å². The van der Waals surface area contributed by atoms with Crippen LogP contribution in [0.1, 0.15) is 11.7 Å². The molecule has 1 unspecified atom stereocenters. The van der Waals surface area contributed by atoms with Crippen molar-refractivity contribution in [2.45, 2.75) is 11.0 Å². The molecule has 2 N–H and O–H groups in total. The Balaban J connectivity index is 1.59. The lowest BCUT2D eigenvalue weighted by molar-refractivity contribution is 0.184. The molecule has 2 aromatic carbocycles. The van der Waals surface area contributed by atoms with Gasteiger partial charge in [0, 0.05) is 16.8 Å². The number of benzene rings is 2. The molecule has 0 bridgehead atoms. The van der Waals surface area contributed by atoms with Crippen LogP contribution in [0.3, 0.4) is 0 Å². The van der Waals surface area contributed by atoms with Gasteiger partial charge in [0.05, 0.1) is 17.8 Å². The van der Waals surface area contributed by atoms with Crippen molar-refractivity contribution in [2.75, 3.05) is 6.54 Å². The number of aliphatic hydroxyl groups is 1. The summed E-state index contributed by atoms with van der Waals surface area (Å²) in [5.41, 5.74) is 1.60. The van der Waals surface area contributed by atoms with Crippen LogP contribution in [0.5, 0.6) is 0 Å². The van der Waals surface area contributed by atoms with Crippen LogP contribution in [-0.2, 0) is 10.0 Å². The van der Waals surface area contributed by atoms with Gasteiger partial charge >= 0.3 is 0 Å². The first-order valence-corrected chi connectivity index (χ1v) is 10.5. The minimum Gasteiger partial charge on any atom is -0.387 e. The van der Waals surface area contributed by atoms with Crippen molar-refractivity contribution in [1.82, 2.24) is 13.5 Å². The first-order valence-electron chi connectivity index (χ1n) is 7.41. The van der Waals surface area contributed by atoms with E-state index in [-0.39, 0.29) is 11.4 Å². The summed E-state index contributed by atoms with van der Waals surface area (Å²) < 4.78 is 36.8. The highest BCUT2D eigenvalue weighted by atomic mass is 32.2. The van der Waals surface area contributed by atoms with E-state index in [2.05, 4.69) is 13.5 Å². The second kappa shape index (κ2) is 6.43. The fourth-order valence-corrected chi connectivity index (χ4v) is 5.44. The highest BCUT2D eigenvalue weighted by Crippen LogP contribution is 2.30. The summed E-state index contributed by atoms with van der Waals surface area (Å²) in [6, 6.07) is 12.5. The molecule has 2 heterocycles. The molecule has 0 aliphatic heterocycles. The monoisotopic (exact) mass is 391 g/mol. The van der Waals surface area contributed by atoms with Crippen LogP contribution in [0, 0.1) is 0 Å². The van der Waals surface area contributed by atoms with E-state index in [1.807, 2.05) is 29.6 Å². The molecule has 1 atom stereocenters. The van der Waals surface area contributed by atoms with E-state index in [1.165, 1.54) is 17.4 Å². The third-order valence-corrected chi connectivity index (χ3v) is 6.85. The van der Waals surface area contributed by atoms with Gasteiger partial charge in [-0.1, -0.05) is 24.3 Å². The Morgan fingerprint density at radius 2 is 1.96 bits per heavy atom. The summed E-state index contributed by atoms with van der Waals surface area (Å²) in [5, 5.41) is 13.2. The Morgan fingerprint density at radius 3 is 2.84 bits per heavy atom. The molecule has 0 saturated heterocycles. The predicted octanol–water partition coefficient (Wildman–Crippen LogP) is 2.92. The molecule has 4 aromatic rings. The first-order chi connectivity index (χ1) is 12.1. The lowest BCUT2D eigenvalue weighted by Gasteiger charge is -2.12. The Labute approximate surface area is 152 Å². The normalized spacial score (nSPS) is 13.5. The molecule has 0 saturated carbocycles. The minimum atomic E-state index is -3.80. The standard InChI is InChI=1S/C16H13N3O3S3/c20-13(11-9-23-14-6-2-1-4-10(11)14)8-17-25(21,22)15-7-3-5-12-16(15)19-24-18-12/h1-7,9,13,17,20H,8H2. The lowest BCUT2D eigenvalue weighted by Crippen LogP contribution is -2.28. The molecule has 6 nitrogen and oxygen atoms in total. The van der Waals surface area contributed by atoms with Crippen molar-refractivity contribution in [1.29, 1.82) is 0 Å². The van der Waals surface area contributed by atoms with Gasteiger partial charge in [0.15, 0.2) is 0 Å². The number of sulfonamides is 1. The maximum atomic E-state index is 12.6. The quantitative estimate of drug-likeness (QED) is 0.546. The third-order valence-electron chi connectivity index (χ3n) is 3.88. The van der Waals surface area contributed by atoms with Crippen LogP contribution in [0.2, 0.25) is 0 Å². The Morgan fingerprint density at radius 1 is 1.12 bits per heavy atom. The van der Waals surface area contributed by atoms with Crippen molar-refractivity contribution in [3.63, 3.8) is 0 Å². The second-order valence-electron chi connectivity index (χ2n) is 5.44. The molecule has 0 radical (unpaired) electrons. The number of fused-ring (bicyclic) bond motifs is 2. The molecule has 0 fully saturated rings. The number of thiophene rings is 1. The zero-order chi connectivity index (χ0) is 17.4. The summed E-state index contributed by atoms with van der Waals surface area (Å²) in [5.74, 6) is 0. The van der Waals surface area contributed by atoms with Crippen molar-refractivity contribution in [3.05, 3.63) is 53.4 Å². The van der Waals surface area contributed by atoms with Crippen LogP contribution < -0.4 is 4.72 Å². The van der Waals surface area contributed by atoms with Gasteiger partial charge in [-0.05, 0) is 29.0 Å². The summed E-state index contributed by atoms with van der Waals surface area (Å²) in [7, 11) is -3.80. The van der Waals surface area contributed by atoms with Crippen molar-refractivity contribution in [3.8, 4) is 0 Å². The van der Waals surface area contributed by atoms with Gasteiger partial charge in [-0.25, -0.2) is 13.1 Å². The zero-order valence-corrected chi connectivity index (χ0v) is 15.2. The van der Waals surface area contributed by atoms with E-state index in [0.29, 0.717) is 11.0 Å². The number of hydrogen-bond acceptors (Lipinski definition) is 7. The number of aliphatic hydroxyl groups excluding tert-OH is 1.